The molecule has 0 atom stereocenters. The SMILES string of the molecule is CCSCc1cccc(NC(=O)C2(N)CCOCC2)c1.Cl. The van der Waals surface area contributed by atoms with Crippen LogP contribution in [0.1, 0.15) is 25.3 Å². The molecule has 118 valence electrons. The maximum atomic E-state index is 12.3. The van der Waals surface area contributed by atoms with Crippen LogP contribution >= 0.6 is 24.2 Å². The summed E-state index contributed by atoms with van der Waals surface area (Å²) in [6.45, 7) is 3.24. The van der Waals surface area contributed by atoms with Crippen LogP contribution in [0.5, 0.6) is 0 Å². The van der Waals surface area contributed by atoms with Crippen molar-refractivity contribution in [1.82, 2.24) is 0 Å². The molecular formula is C15H23ClN2O2S. The van der Waals surface area contributed by atoms with Crippen LogP contribution < -0.4 is 11.1 Å². The molecule has 1 fully saturated rings. The number of nitrogens with two attached hydrogens (primary N) is 1. The number of ether oxygens (including phenoxy) is 1. The smallest absolute Gasteiger partial charge is 0.244 e. The zero-order valence-corrected chi connectivity index (χ0v) is 13.9. The molecule has 1 amide bonds. The second-order valence-corrected chi connectivity index (χ2v) is 6.33. The van der Waals surface area contributed by atoms with Crippen LogP contribution in [0, 0.1) is 0 Å². The molecule has 0 aliphatic carbocycles. The van der Waals surface area contributed by atoms with Crippen molar-refractivity contribution in [3.05, 3.63) is 29.8 Å². The Balaban J connectivity index is 0.00000220. The van der Waals surface area contributed by atoms with Gasteiger partial charge in [0.2, 0.25) is 5.91 Å². The highest BCUT2D eigenvalue weighted by Crippen LogP contribution is 2.21. The molecule has 0 aromatic heterocycles. The second kappa shape index (κ2) is 8.63. The molecule has 1 aliphatic heterocycles. The molecule has 0 saturated carbocycles. The standard InChI is InChI=1S/C15H22N2O2S.ClH/c1-2-20-11-12-4-3-5-13(10-12)17-14(18)15(16)6-8-19-9-7-15;/h3-5,10H,2,6-9,11,16H2,1H3,(H,17,18);1H. The number of halogens is 1. The van der Waals surface area contributed by atoms with E-state index in [1.165, 1.54) is 5.56 Å². The number of hydrogen-bond acceptors (Lipinski definition) is 4. The number of thioether (sulfide) groups is 1. The molecule has 1 aromatic carbocycles. The molecule has 0 radical (unpaired) electrons. The Morgan fingerprint density at radius 3 is 2.81 bits per heavy atom. The van der Waals surface area contributed by atoms with Crippen molar-refractivity contribution in [1.29, 1.82) is 0 Å². The van der Waals surface area contributed by atoms with Gasteiger partial charge < -0.3 is 15.8 Å². The molecule has 1 aromatic rings. The van der Waals surface area contributed by atoms with E-state index in [1.54, 1.807) is 0 Å². The highest BCUT2D eigenvalue weighted by atomic mass is 35.5. The fourth-order valence-electron chi connectivity index (χ4n) is 2.18. The second-order valence-electron chi connectivity index (χ2n) is 5.06. The van der Waals surface area contributed by atoms with Crippen LogP contribution in [0.2, 0.25) is 0 Å². The summed E-state index contributed by atoms with van der Waals surface area (Å²) in [6, 6.07) is 7.96. The summed E-state index contributed by atoms with van der Waals surface area (Å²) in [5.74, 6) is 1.94. The van der Waals surface area contributed by atoms with Crippen molar-refractivity contribution in [2.45, 2.75) is 31.1 Å². The largest absolute Gasteiger partial charge is 0.381 e. The minimum absolute atomic E-state index is 0. The zero-order valence-electron chi connectivity index (χ0n) is 12.3. The van der Waals surface area contributed by atoms with Crippen LogP contribution in [-0.4, -0.2) is 30.4 Å². The first-order chi connectivity index (χ1) is 9.64. The van der Waals surface area contributed by atoms with E-state index in [1.807, 2.05) is 30.0 Å². The summed E-state index contributed by atoms with van der Waals surface area (Å²) >= 11 is 1.86. The topological polar surface area (TPSA) is 64.4 Å². The van der Waals surface area contributed by atoms with E-state index in [2.05, 4.69) is 18.3 Å². The molecule has 0 spiro atoms. The average molecular weight is 331 g/mol. The highest BCUT2D eigenvalue weighted by Gasteiger charge is 2.35. The summed E-state index contributed by atoms with van der Waals surface area (Å²) in [4.78, 5) is 12.3. The molecular weight excluding hydrogens is 308 g/mol. The minimum atomic E-state index is -0.799. The number of carbonyl (C=O) groups excluding carboxylic acids is 1. The molecule has 0 bridgehead atoms. The lowest BCUT2D eigenvalue weighted by Crippen LogP contribution is -2.54. The third-order valence-corrected chi connectivity index (χ3v) is 4.44. The predicted octanol–water partition coefficient (Wildman–Crippen LogP) is 2.81. The number of anilines is 1. The summed E-state index contributed by atoms with van der Waals surface area (Å²) in [7, 11) is 0. The maximum Gasteiger partial charge on any atom is 0.244 e. The van der Waals surface area contributed by atoms with Crippen LogP contribution in [0.15, 0.2) is 24.3 Å². The van der Waals surface area contributed by atoms with Crippen LogP contribution in [0.25, 0.3) is 0 Å². The summed E-state index contributed by atoms with van der Waals surface area (Å²) in [5.41, 5.74) is 7.41. The third-order valence-electron chi connectivity index (χ3n) is 3.49. The number of benzene rings is 1. The van der Waals surface area contributed by atoms with E-state index in [4.69, 9.17) is 10.5 Å². The number of rotatable bonds is 5. The van der Waals surface area contributed by atoms with Gasteiger partial charge >= 0.3 is 0 Å². The molecule has 1 saturated heterocycles. The molecule has 1 heterocycles. The first-order valence-electron chi connectivity index (χ1n) is 6.99. The lowest BCUT2D eigenvalue weighted by Gasteiger charge is -2.31. The van der Waals surface area contributed by atoms with Crippen molar-refractivity contribution in [2.75, 3.05) is 24.3 Å². The van der Waals surface area contributed by atoms with Crippen molar-refractivity contribution < 1.29 is 9.53 Å². The lowest BCUT2D eigenvalue weighted by molar-refractivity contribution is -0.124. The number of hydrogen-bond donors (Lipinski definition) is 2. The van der Waals surface area contributed by atoms with Crippen molar-refractivity contribution in [3.8, 4) is 0 Å². The summed E-state index contributed by atoms with van der Waals surface area (Å²) in [5, 5.41) is 2.94. The first-order valence-corrected chi connectivity index (χ1v) is 8.14. The Hall–Kier alpha value is -0.750. The van der Waals surface area contributed by atoms with Crippen molar-refractivity contribution >= 4 is 35.8 Å². The van der Waals surface area contributed by atoms with Gasteiger partial charge in [0, 0.05) is 24.7 Å². The minimum Gasteiger partial charge on any atom is -0.381 e. The predicted molar refractivity (Wildman–Crippen MR) is 91.1 cm³/mol. The quantitative estimate of drug-likeness (QED) is 0.871. The van der Waals surface area contributed by atoms with Gasteiger partial charge in [0.05, 0.1) is 0 Å². The van der Waals surface area contributed by atoms with Gasteiger partial charge in [-0.05, 0) is 36.3 Å². The molecule has 21 heavy (non-hydrogen) atoms. The zero-order chi connectivity index (χ0) is 14.4. The molecule has 6 heteroatoms. The summed E-state index contributed by atoms with van der Waals surface area (Å²) < 4.78 is 5.27. The van der Waals surface area contributed by atoms with Gasteiger partial charge in [-0.3, -0.25) is 4.79 Å². The Kier molecular flexibility index (Phi) is 7.52. The fraction of sp³-hybridized carbons (Fsp3) is 0.533. The van der Waals surface area contributed by atoms with Gasteiger partial charge in [0.25, 0.3) is 0 Å². The molecule has 1 aliphatic rings. The monoisotopic (exact) mass is 330 g/mol. The Bertz CT molecular complexity index is 465. The van der Waals surface area contributed by atoms with E-state index in [0.717, 1.165) is 17.2 Å². The molecule has 3 N–H and O–H groups in total. The average Bonchev–Trinajstić information content (AvgIpc) is 2.46. The Morgan fingerprint density at radius 2 is 2.14 bits per heavy atom. The Labute approximate surface area is 136 Å². The van der Waals surface area contributed by atoms with Crippen LogP contribution in [0.3, 0.4) is 0 Å². The summed E-state index contributed by atoms with van der Waals surface area (Å²) in [6.07, 6.45) is 1.15. The van der Waals surface area contributed by atoms with Crippen LogP contribution in [-0.2, 0) is 15.3 Å². The molecule has 0 unspecified atom stereocenters. The lowest BCUT2D eigenvalue weighted by atomic mass is 9.90. The molecule has 4 nitrogen and oxygen atoms in total. The van der Waals surface area contributed by atoms with Gasteiger partial charge in [0.1, 0.15) is 5.54 Å². The van der Waals surface area contributed by atoms with Crippen molar-refractivity contribution in [2.24, 2.45) is 5.73 Å². The van der Waals surface area contributed by atoms with Gasteiger partial charge in [0.15, 0.2) is 0 Å². The van der Waals surface area contributed by atoms with Crippen molar-refractivity contribution in [3.63, 3.8) is 0 Å². The highest BCUT2D eigenvalue weighted by molar-refractivity contribution is 7.98. The van der Waals surface area contributed by atoms with E-state index in [-0.39, 0.29) is 18.3 Å². The Morgan fingerprint density at radius 1 is 1.43 bits per heavy atom. The van der Waals surface area contributed by atoms with Gasteiger partial charge in [-0.1, -0.05) is 19.1 Å². The van der Waals surface area contributed by atoms with Gasteiger partial charge in [-0.15, -0.1) is 12.4 Å². The first kappa shape index (κ1) is 18.3. The maximum absolute atomic E-state index is 12.3. The third kappa shape index (κ3) is 5.18. The number of amides is 1. The van der Waals surface area contributed by atoms with Gasteiger partial charge in [-0.2, -0.15) is 11.8 Å². The number of carbonyl (C=O) groups is 1. The normalized spacial score (nSPS) is 16.9. The van der Waals surface area contributed by atoms with E-state index >= 15 is 0 Å². The van der Waals surface area contributed by atoms with Crippen LogP contribution in [0.4, 0.5) is 5.69 Å². The fourth-order valence-corrected chi connectivity index (χ4v) is 2.80. The number of nitrogens with one attached hydrogen (secondary N) is 1. The van der Waals surface area contributed by atoms with E-state index < -0.39 is 5.54 Å². The van der Waals surface area contributed by atoms with E-state index in [0.29, 0.717) is 26.1 Å². The van der Waals surface area contributed by atoms with E-state index in [9.17, 15) is 4.79 Å². The van der Waals surface area contributed by atoms with Gasteiger partial charge in [-0.25, -0.2) is 0 Å². The molecule has 2 rings (SSSR count).